The van der Waals surface area contributed by atoms with Gasteiger partial charge in [0.05, 0.1) is 7.11 Å². The monoisotopic (exact) mass is 240 g/mol. The highest BCUT2D eigenvalue weighted by Gasteiger charge is 2.38. The van der Waals surface area contributed by atoms with Crippen molar-refractivity contribution in [2.45, 2.75) is 18.4 Å². The van der Waals surface area contributed by atoms with Crippen LogP contribution in [0.4, 0.5) is 5.82 Å². The molecular weight excluding hydrogens is 224 g/mol. The van der Waals surface area contributed by atoms with Crippen molar-refractivity contribution in [1.29, 1.82) is 0 Å². The maximum Gasteiger partial charge on any atom is 0.168 e. The Morgan fingerprint density at radius 1 is 1.17 bits per heavy atom. The molecule has 0 bridgehead atoms. The molecule has 1 aliphatic rings. The molecule has 2 aromatic rings. The first-order valence-electron chi connectivity index (χ1n) is 6.19. The van der Waals surface area contributed by atoms with E-state index >= 15 is 0 Å². The van der Waals surface area contributed by atoms with E-state index in [1.165, 1.54) is 5.56 Å². The third-order valence-electron chi connectivity index (χ3n) is 3.33. The SMILES string of the molecule is COc1cccnc1NC1CC1c1ccccc1. The van der Waals surface area contributed by atoms with Gasteiger partial charge >= 0.3 is 0 Å². The van der Waals surface area contributed by atoms with Gasteiger partial charge in [-0.3, -0.25) is 0 Å². The predicted octanol–water partition coefficient (Wildman–Crippen LogP) is 3.06. The Labute approximate surface area is 107 Å². The first-order valence-corrected chi connectivity index (χ1v) is 6.19. The molecule has 2 atom stereocenters. The zero-order chi connectivity index (χ0) is 12.4. The number of methoxy groups -OCH3 is 1. The standard InChI is InChI=1S/C15H16N2O/c1-18-14-8-5-9-16-15(14)17-13-10-12(13)11-6-3-2-4-7-11/h2-9,12-13H,10H2,1H3,(H,16,17). The van der Waals surface area contributed by atoms with Gasteiger partial charge < -0.3 is 10.1 Å². The average Bonchev–Trinajstić information content (AvgIpc) is 3.20. The molecular formula is C15H16N2O. The number of hydrogen-bond donors (Lipinski definition) is 1. The highest BCUT2D eigenvalue weighted by atomic mass is 16.5. The van der Waals surface area contributed by atoms with Crippen molar-refractivity contribution in [3.8, 4) is 5.75 Å². The number of benzene rings is 1. The fourth-order valence-corrected chi connectivity index (χ4v) is 2.26. The van der Waals surface area contributed by atoms with Gasteiger partial charge in [0.25, 0.3) is 0 Å². The predicted molar refractivity (Wildman–Crippen MR) is 72.0 cm³/mol. The second-order valence-corrected chi connectivity index (χ2v) is 4.56. The van der Waals surface area contributed by atoms with Crippen LogP contribution >= 0.6 is 0 Å². The van der Waals surface area contributed by atoms with E-state index in [1.807, 2.05) is 12.1 Å². The van der Waals surface area contributed by atoms with Crippen LogP contribution in [0.3, 0.4) is 0 Å². The van der Waals surface area contributed by atoms with Gasteiger partial charge in [0.15, 0.2) is 11.6 Å². The minimum atomic E-state index is 0.469. The van der Waals surface area contributed by atoms with Gasteiger partial charge in [-0.2, -0.15) is 0 Å². The molecule has 92 valence electrons. The summed E-state index contributed by atoms with van der Waals surface area (Å²) >= 11 is 0. The van der Waals surface area contributed by atoms with Crippen molar-refractivity contribution in [3.05, 3.63) is 54.2 Å². The Morgan fingerprint density at radius 3 is 2.78 bits per heavy atom. The molecule has 18 heavy (non-hydrogen) atoms. The topological polar surface area (TPSA) is 34.1 Å². The summed E-state index contributed by atoms with van der Waals surface area (Å²) < 4.78 is 5.29. The summed E-state index contributed by atoms with van der Waals surface area (Å²) in [4.78, 5) is 4.32. The summed E-state index contributed by atoms with van der Waals surface area (Å²) in [6, 6.07) is 14.9. The second-order valence-electron chi connectivity index (χ2n) is 4.56. The number of rotatable bonds is 4. The van der Waals surface area contributed by atoms with Crippen LogP contribution in [-0.2, 0) is 0 Å². The number of nitrogens with one attached hydrogen (secondary N) is 1. The van der Waals surface area contributed by atoms with E-state index in [0.717, 1.165) is 18.0 Å². The average molecular weight is 240 g/mol. The Bertz CT molecular complexity index is 527. The molecule has 0 spiro atoms. The molecule has 0 amide bonds. The van der Waals surface area contributed by atoms with E-state index in [-0.39, 0.29) is 0 Å². The fraction of sp³-hybridized carbons (Fsp3) is 0.267. The molecule has 1 N–H and O–H groups in total. The number of nitrogens with zero attached hydrogens (tertiary/aromatic N) is 1. The normalized spacial score (nSPS) is 21.4. The van der Waals surface area contributed by atoms with E-state index in [9.17, 15) is 0 Å². The van der Waals surface area contributed by atoms with Crippen molar-refractivity contribution in [3.63, 3.8) is 0 Å². The quantitative estimate of drug-likeness (QED) is 0.891. The van der Waals surface area contributed by atoms with Gasteiger partial charge in [-0.1, -0.05) is 30.3 Å². The lowest BCUT2D eigenvalue weighted by Crippen LogP contribution is -2.07. The number of pyridine rings is 1. The molecule has 2 unspecified atom stereocenters. The Hall–Kier alpha value is -2.03. The molecule has 1 aliphatic carbocycles. The zero-order valence-corrected chi connectivity index (χ0v) is 10.3. The van der Waals surface area contributed by atoms with E-state index < -0.39 is 0 Å². The molecule has 1 fully saturated rings. The van der Waals surface area contributed by atoms with Crippen molar-refractivity contribution in [1.82, 2.24) is 4.98 Å². The van der Waals surface area contributed by atoms with Crippen LogP contribution in [0.1, 0.15) is 17.9 Å². The number of ether oxygens (including phenoxy) is 1. The van der Waals surface area contributed by atoms with Crippen LogP contribution in [0.15, 0.2) is 48.7 Å². The molecule has 3 nitrogen and oxygen atoms in total. The van der Waals surface area contributed by atoms with Crippen molar-refractivity contribution >= 4 is 5.82 Å². The minimum absolute atomic E-state index is 0.469. The van der Waals surface area contributed by atoms with Crippen LogP contribution in [-0.4, -0.2) is 18.1 Å². The third-order valence-corrected chi connectivity index (χ3v) is 3.33. The molecule has 3 rings (SSSR count). The molecule has 3 heteroatoms. The van der Waals surface area contributed by atoms with Crippen LogP contribution in [0, 0.1) is 0 Å². The van der Waals surface area contributed by atoms with Crippen LogP contribution < -0.4 is 10.1 Å². The third kappa shape index (κ3) is 2.16. The lowest BCUT2D eigenvalue weighted by atomic mass is 10.1. The lowest BCUT2D eigenvalue weighted by Gasteiger charge is -2.09. The summed E-state index contributed by atoms with van der Waals surface area (Å²) in [5.74, 6) is 2.23. The summed E-state index contributed by atoms with van der Waals surface area (Å²) in [5.41, 5.74) is 1.39. The lowest BCUT2D eigenvalue weighted by molar-refractivity contribution is 0.414. The zero-order valence-electron chi connectivity index (χ0n) is 10.3. The fourth-order valence-electron chi connectivity index (χ4n) is 2.26. The first kappa shape index (κ1) is 11.1. The summed E-state index contributed by atoms with van der Waals surface area (Å²) in [7, 11) is 1.67. The highest BCUT2D eigenvalue weighted by Crippen LogP contribution is 2.43. The maximum atomic E-state index is 5.29. The van der Waals surface area contributed by atoms with Gasteiger partial charge in [-0.25, -0.2) is 4.98 Å². The molecule has 0 saturated heterocycles. The highest BCUT2D eigenvalue weighted by molar-refractivity contribution is 5.52. The first-order chi connectivity index (χ1) is 8.88. The van der Waals surface area contributed by atoms with Crippen LogP contribution in [0.25, 0.3) is 0 Å². The molecule has 1 saturated carbocycles. The molecule has 1 aromatic heterocycles. The van der Waals surface area contributed by atoms with Crippen LogP contribution in [0.2, 0.25) is 0 Å². The van der Waals surface area contributed by atoms with Crippen LogP contribution in [0.5, 0.6) is 5.75 Å². The molecule has 1 aromatic carbocycles. The molecule has 0 radical (unpaired) electrons. The van der Waals surface area contributed by atoms with E-state index in [4.69, 9.17) is 4.74 Å². The number of hydrogen-bond acceptors (Lipinski definition) is 3. The molecule has 0 aliphatic heterocycles. The largest absolute Gasteiger partial charge is 0.493 e. The van der Waals surface area contributed by atoms with Gasteiger partial charge in [-0.15, -0.1) is 0 Å². The van der Waals surface area contributed by atoms with Gasteiger partial charge in [-0.05, 0) is 24.1 Å². The van der Waals surface area contributed by atoms with Gasteiger partial charge in [0.2, 0.25) is 0 Å². The van der Waals surface area contributed by atoms with Crippen molar-refractivity contribution < 1.29 is 4.74 Å². The van der Waals surface area contributed by atoms with Crippen molar-refractivity contribution in [2.75, 3.05) is 12.4 Å². The second kappa shape index (κ2) is 4.69. The minimum Gasteiger partial charge on any atom is -0.493 e. The number of aromatic nitrogens is 1. The Morgan fingerprint density at radius 2 is 2.00 bits per heavy atom. The van der Waals surface area contributed by atoms with Gasteiger partial charge in [0.1, 0.15) is 0 Å². The van der Waals surface area contributed by atoms with E-state index in [0.29, 0.717) is 12.0 Å². The summed E-state index contributed by atoms with van der Waals surface area (Å²) in [5, 5.41) is 3.45. The maximum absolute atomic E-state index is 5.29. The molecule has 1 heterocycles. The Balaban J connectivity index is 1.69. The summed E-state index contributed by atoms with van der Waals surface area (Å²) in [6.45, 7) is 0. The smallest absolute Gasteiger partial charge is 0.168 e. The summed E-state index contributed by atoms with van der Waals surface area (Å²) in [6.07, 6.45) is 2.94. The number of anilines is 1. The van der Waals surface area contributed by atoms with E-state index in [1.54, 1.807) is 13.3 Å². The Kier molecular flexibility index (Phi) is 2.89. The van der Waals surface area contributed by atoms with E-state index in [2.05, 4.69) is 40.6 Å². The van der Waals surface area contributed by atoms with Gasteiger partial charge in [0, 0.05) is 18.2 Å². The van der Waals surface area contributed by atoms with Crippen molar-refractivity contribution in [2.24, 2.45) is 0 Å².